The van der Waals surface area contributed by atoms with Gasteiger partial charge >= 0.3 is 0 Å². The minimum atomic E-state index is 0.237. The lowest BCUT2D eigenvalue weighted by Gasteiger charge is -2.43. The molecule has 2 rings (SSSR count). The Morgan fingerprint density at radius 2 is 2.07 bits per heavy atom. The van der Waals surface area contributed by atoms with E-state index in [1.807, 2.05) is 0 Å². The summed E-state index contributed by atoms with van der Waals surface area (Å²) in [5.74, 6) is 0.280. The third kappa shape index (κ3) is 2.52. The molecule has 3 nitrogen and oxygen atoms in total. The second kappa shape index (κ2) is 4.81. The minimum absolute atomic E-state index is 0.237. The molecular formula is C12H22O3. The predicted molar refractivity (Wildman–Crippen MR) is 57.7 cm³/mol. The van der Waals surface area contributed by atoms with Crippen molar-refractivity contribution in [3.63, 3.8) is 0 Å². The van der Waals surface area contributed by atoms with Crippen molar-refractivity contribution >= 4 is 0 Å². The standard InChI is InChI=1S/C12H22O3/c1-10(8-13)11-2-3-12(9-15-11)4-6-14-7-5-12/h10-11,13H,2-9H2,1H3/t10-,11?/m0/s1. The van der Waals surface area contributed by atoms with Crippen LogP contribution in [0.2, 0.25) is 0 Å². The van der Waals surface area contributed by atoms with Crippen LogP contribution in [0.3, 0.4) is 0 Å². The van der Waals surface area contributed by atoms with E-state index in [9.17, 15) is 0 Å². The Morgan fingerprint density at radius 3 is 2.60 bits per heavy atom. The van der Waals surface area contributed by atoms with Gasteiger partial charge in [0.2, 0.25) is 0 Å². The molecule has 2 heterocycles. The fourth-order valence-corrected chi connectivity index (χ4v) is 2.65. The number of rotatable bonds is 2. The first-order valence-corrected chi connectivity index (χ1v) is 6.06. The van der Waals surface area contributed by atoms with Gasteiger partial charge in [-0.15, -0.1) is 0 Å². The Morgan fingerprint density at radius 1 is 1.33 bits per heavy atom. The Bertz CT molecular complexity index is 189. The van der Waals surface area contributed by atoms with E-state index >= 15 is 0 Å². The van der Waals surface area contributed by atoms with Gasteiger partial charge in [0.25, 0.3) is 0 Å². The molecule has 0 aromatic carbocycles. The third-order valence-electron chi connectivity index (χ3n) is 4.04. The Hall–Kier alpha value is -0.120. The molecule has 0 bridgehead atoms. The van der Waals surface area contributed by atoms with Gasteiger partial charge in [0.05, 0.1) is 12.7 Å². The van der Waals surface area contributed by atoms with E-state index in [1.54, 1.807) is 0 Å². The summed E-state index contributed by atoms with van der Waals surface area (Å²) in [4.78, 5) is 0. The second-order valence-corrected chi connectivity index (χ2v) is 5.16. The van der Waals surface area contributed by atoms with Crippen molar-refractivity contribution in [2.24, 2.45) is 11.3 Å². The van der Waals surface area contributed by atoms with Crippen molar-refractivity contribution in [1.29, 1.82) is 0 Å². The van der Waals surface area contributed by atoms with Crippen molar-refractivity contribution in [3.05, 3.63) is 0 Å². The van der Waals surface area contributed by atoms with Gasteiger partial charge in [-0.3, -0.25) is 0 Å². The molecule has 88 valence electrons. The monoisotopic (exact) mass is 214 g/mol. The van der Waals surface area contributed by atoms with Crippen molar-refractivity contribution in [1.82, 2.24) is 0 Å². The average Bonchev–Trinajstić information content (AvgIpc) is 2.30. The van der Waals surface area contributed by atoms with E-state index in [4.69, 9.17) is 14.6 Å². The van der Waals surface area contributed by atoms with E-state index in [2.05, 4.69) is 6.92 Å². The molecule has 0 aliphatic carbocycles. The number of ether oxygens (including phenoxy) is 2. The van der Waals surface area contributed by atoms with Crippen molar-refractivity contribution in [2.45, 2.75) is 38.7 Å². The van der Waals surface area contributed by atoms with Gasteiger partial charge in [0, 0.05) is 25.7 Å². The minimum Gasteiger partial charge on any atom is -0.396 e. The zero-order chi connectivity index (χ0) is 10.7. The summed E-state index contributed by atoms with van der Waals surface area (Å²) >= 11 is 0. The first-order valence-electron chi connectivity index (χ1n) is 6.06. The van der Waals surface area contributed by atoms with E-state index in [1.165, 1.54) is 6.42 Å². The molecule has 0 saturated carbocycles. The molecule has 0 aromatic heterocycles. The van der Waals surface area contributed by atoms with Crippen LogP contribution in [0.1, 0.15) is 32.6 Å². The van der Waals surface area contributed by atoms with E-state index in [-0.39, 0.29) is 18.6 Å². The van der Waals surface area contributed by atoms with Crippen molar-refractivity contribution in [3.8, 4) is 0 Å². The summed E-state index contributed by atoms with van der Waals surface area (Å²) < 4.78 is 11.3. The van der Waals surface area contributed by atoms with Crippen LogP contribution in [0.4, 0.5) is 0 Å². The predicted octanol–water partition coefficient (Wildman–Crippen LogP) is 1.59. The van der Waals surface area contributed by atoms with E-state index < -0.39 is 0 Å². The van der Waals surface area contributed by atoms with Crippen molar-refractivity contribution < 1.29 is 14.6 Å². The molecule has 2 aliphatic rings. The molecule has 1 spiro atoms. The average molecular weight is 214 g/mol. The SMILES string of the molecule is C[C@@H](CO)C1CCC2(CCOCC2)CO1. The summed E-state index contributed by atoms with van der Waals surface area (Å²) in [6, 6.07) is 0. The molecule has 2 atom stereocenters. The molecule has 2 aliphatic heterocycles. The summed E-state index contributed by atoms with van der Waals surface area (Å²) in [6.07, 6.45) is 4.90. The highest BCUT2D eigenvalue weighted by Crippen LogP contribution is 2.40. The Balaban J connectivity index is 1.85. The summed E-state index contributed by atoms with van der Waals surface area (Å²) in [5.41, 5.74) is 0.393. The lowest BCUT2D eigenvalue weighted by molar-refractivity contribution is -0.123. The first kappa shape index (κ1) is 11.4. The molecule has 1 N–H and O–H groups in total. The Kier molecular flexibility index (Phi) is 3.65. The molecule has 0 aromatic rings. The maximum Gasteiger partial charge on any atom is 0.0623 e. The van der Waals surface area contributed by atoms with Gasteiger partial charge in [0.15, 0.2) is 0 Å². The highest BCUT2D eigenvalue weighted by molar-refractivity contribution is 4.87. The van der Waals surface area contributed by atoms with E-state index in [0.29, 0.717) is 5.41 Å². The second-order valence-electron chi connectivity index (χ2n) is 5.16. The number of hydrogen-bond acceptors (Lipinski definition) is 3. The molecule has 15 heavy (non-hydrogen) atoms. The lowest BCUT2D eigenvalue weighted by Crippen LogP contribution is -2.42. The fraction of sp³-hybridized carbons (Fsp3) is 1.00. The highest BCUT2D eigenvalue weighted by Gasteiger charge is 2.38. The number of hydrogen-bond donors (Lipinski definition) is 1. The van der Waals surface area contributed by atoms with Crippen LogP contribution in [0.15, 0.2) is 0 Å². The van der Waals surface area contributed by atoms with Crippen LogP contribution >= 0.6 is 0 Å². The molecule has 2 fully saturated rings. The van der Waals surface area contributed by atoms with Crippen LogP contribution in [-0.4, -0.2) is 37.6 Å². The first-order chi connectivity index (χ1) is 7.26. The smallest absolute Gasteiger partial charge is 0.0623 e. The number of aliphatic hydroxyl groups excluding tert-OH is 1. The van der Waals surface area contributed by atoms with Crippen LogP contribution in [0.25, 0.3) is 0 Å². The highest BCUT2D eigenvalue weighted by atomic mass is 16.5. The largest absolute Gasteiger partial charge is 0.396 e. The third-order valence-corrected chi connectivity index (χ3v) is 4.04. The van der Waals surface area contributed by atoms with Crippen LogP contribution in [-0.2, 0) is 9.47 Å². The summed E-state index contributed by atoms with van der Waals surface area (Å²) in [6.45, 7) is 4.95. The number of aliphatic hydroxyl groups is 1. The van der Waals surface area contributed by atoms with E-state index in [0.717, 1.165) is 39.1 Å². The molecule has 1 unspecified atom stereocenters. The Labute approximate surface area is 91.8 Å². The van der Waals surface area contributed by atoms with Crippen LogP contribution in [0.5, 0.6) is 0 Å². The molecule has 3 heteroatoms. The zero-order valence-corrected chi connectivity index (χ0v) is 9.58. The molecule has 0 radical (unpaired) electrons. The summed E-state index contributed by atoms with van der Waals surface area (Å²) in [7, 11) is 0. The lowest BCUT2D eigenvalue weighted by atomic mass is 9.74. The molecular weight excluding hydrogens is 192 g/mol. The molecule has 0 amide bonds. The van der Waals surface area contributed by atoms with Gasteiger partial charge in [0.1, 0.15) is 0 Å². The van der Waals surface area contributed by atoms with Gasteiger partial charge in [-0.05, 0) is 31.1 Å². The normalized spacial score (nSPS) is 32.8. The van der Waals surface area contributed by atoms with Crippen LogP contribution in [0, 0.1) is 11.3 Å². The van der Waals surface area contributed by atoms with Crippen LogP contribution < -0.4 is 0 Å². The topological polar surface area (TPSA) is 38.7 Å². The van der Waals surface area contributed by atoms with Gasteiger partial charge in [-0.2, -0.15) is 0 Å². The van der Waals surface area contributed by atoms with Crippen molar-refractivity contribution in [2.75, 3.05) is 26.4 Å². The van der Waals surface area contributed by atoms with Gasteiger partial charge < -0.3 is 14.6 Å². The van der Waals surface area contributed by atoms with Gasteiger partial charge in [-0.25, -0.2) is 0 Å². The maximum atomic E-state index is 9.09. The zero-order valence-electron chi connectivity index (χ0n) is 9.58. The quantitative estimate of drug-likeness (QED) is 0.758. The summed E-state index contributed by atoms with van der Waals surface area (Å²) in [5, 5.41) is 9.09. The fourth-order valence-electron chi connectivity index (χ4n) is 2.65. The maximum absolute atomic E-state index is 9.09. The molecule has 2 saturated heterocycles. The van der Waals surface area contributed by atoms with Gasteiger partial charge in [-0.1, -0.05) is 6.92 Å².